The van der Waals surface area contributed by atoms with E-state index >= 15 is 0 Å². The molecule has 0 bridgehead atoms. The average Bonchev–Trinajstić information content (AvgIpc) is 2.21. The molecule has 0 saturated carbocycles. The molecule has 2 nitrogen and oxygen atoms in total. The molecule has 1 rings (SSSR count). The first-order valence-electron chi connectivity index (χ1n) is 4.52. The maximum absolute atomic E-state index is 13.1. The Kier molecular flexibility index (Phi) is 3.98. The van der Waals surface area contributed by atoms with Gasteiger partial charge in [-0.1, -0.05) is 0 Å². The fourth-order valence-corrected chi connectivity index (χ4v) is 1.37. The van der Waals surface area contributed by atoms with E-state index in [1.807, 2.05) is 0 Å². The Labute approximate surface area is 100 Å². The minimum atomic E-state index is -4.70. The monoisotopic (exact) mass is 268 g/mol. The lowest BCUT2D eigenvalue weighted by atomic mass is 10.1. The van der Waals surface area contributed by atoms with Crippen LogP contribution >= 0.6 is 11.6 Å². The highest BCUT2D eigenvalue weighted by Gasteiger charge is 2.36. The average molecular weight is 269 g/mol. The quantitative estimate of drug-likeness (QED) is 0.380. The summed E-state index contributed by atoms with van der Waals surface area (Å²) in [6.45, 7) is 1.04. The summed E-state index contributed by atoms with van der Waals surface area (Å²) in [4.78, 5) is 3.52. The Morgan fingerprint density at radius 1 is 1.41 bits per heavy atom. The molecule has 7 heteroatoms. The van der Waals surface area contributed by atoms with Gasteiger partial charge in [-0.15, -0.1) is 11.6 Å². The fourth-order valence-electron chi connectivity index (χ4n) is 1.31. The van der Waals surface area contributed by atoms with Crippen molar-refractivity contribution in [3.8, 4) is 0 Å². The predicted molar refractivity (Wildman–Crippen MR) is 58.1 cm³/mol. The van der Waals surface area contributed by atoms with Crippen LogP contribution in [0.2, 0.25) is 0 Å². The topological polar surface area (TPSA) is 38.4 Å². The number of aliphatic imine (C=N–C) groups is 1. The van der Waals surface area contributed by atoms with Gasteiger partial charge in [0.15, 0.2) is 0 Å². The molecule has 0 fully saturated rings. The van der Waals surface area contributed by atoms with Crippen LogP contribution in [0.3, 0.4) is 0 Å². The standard InChI is InChI=1S/C10H9ClF4N2/c1-5-6(12)2-3-7(17-8(16)4-11)9(5)10(13,14)15/h2-3H,4H2,1H3,(H2,16,17). The van der Waals surface area contributed by atoms with Gasteiger partial charge in [0.2, 0.25) is 0 Å². The van der Waals surface area contributed by atoms with E-state index in [0.29, 0.717) is 0 Å². The highest BCUT2D eigenvalue weighted by molar-refractivity contribution is 6.28. The Hall–Kier alpha value is -1.30. The Morgan fingerprint density at radius 3 is 2.47 bits per heavy atom. The highest BCUT2D eigenvalue weighted by atomic mass is 35.5. The summed E-state index contributed by atoms with van der Waals surface area (Å²) in [6, 6.07) is 1.83. The second kappa shape index (κ2) is 4.91. The van der Waals surface area contributed by atoms with Crippen molar-refractivity contribution in [1.82, 2.24) is 0 Å². The second-order valence-electron chi connectivity index (χ2n) is 3.30. The molecule has 1 aromatic carbocycles. The first-order chi connectivity index (χ1) is 7.77. The number of halogens is 5. The molecular weight excluding hydrogens is 260 g/mol. The molecule has 0 aromatic heterocycles. The molecule has 0 aliphatic heterocycles. The molecule has 0 atom stereocenters. The fraction of sp³-hybridized carbons (Fsp3) is 0.300. The van der Waals surface area contributed by atoms with Crippen LogP contribution in [0, 0.1) is 12.7 Å². The maximum Gasteiger partial charge on any atom is 0.418 e. The van der Waals surface area contributed by atoms with Gasteiger partial charge in [-0.05, 0) is 24.6 Å². The molecule has 1 aromatic rings. The molecule has 0 amide bonds. The number of benzene rings is 1. The van der Waals surface area contributed by atoms with Crippen molar-refractivity contribution in [1.29, 1.82) is 0 Å². The number of nitrogens with zero attached hydrogens (tertiary/aromatic N) is 1. The molecule has 0 unspecified atom stereocenters. The Balaban J connectivity index is 3.47. The molecule has 0 aliphatic rings. The van der Waals surface area contributed by atoms with Crippen LogP contribution in [0.15, 0.2) is 17.1 Å². The van der Waals surface area contributed by atoms with E-state index in [2.05, 4.69) is 4.99 Å². The Bertz CT molecular complexity index is 454. The second-order valence-corrected chi connectivity index (χ2v) is 3.57. The molecule has 0 saturated heterocycles. The summed E-state index contributed by atoms with van der Waals surface area (Å²) in [5.74, 6) is -1.31. The third-order valence-corrected chi connectivity index (χ3v) is 2.34. The van der Waals surface area contributed by atoms with E-state index in [-0.39, 0.29) is 11.7 Å². The van der Waals surface area contributed by atoms with E-state index in [0.717, 1.165) is 19.1 Å². The molecule has 2 N–H and O–H groups in total. The van der Waals surface area contributed by atoms with Gasteiger partial charge >= 0.3 is 6.18 Å². The molecule has 17 heavy (non-hydrogen) atoms. The van der Waals surface area contributed by atoms with Gasteiger partial charge in [-0.3, -0.25) is 0 Å². The lowest BCUT2D eigenvalue weighted by molar-refractivity contribution is -0.137. The summed E-state index contributed by atoms with van der Waals surface area (Å²) in [7, 11) is 0. The number of hydrogen-bond donors (Lipinski definition) is 1. The number of amidine groups is 1. The minimum absolute atomic E-state index is 0.164. The van der Waals surface area contributed by atoms with Gasteiger partial charge in [0.1, 0.15) is 11.7 Å². The van der Waals surface area contributed by atoms with Crippen molar-refractivity contribution in [3.63, 3.8) is 0 Å². The third kappa shape index (κ3) is 3.09. The Morgan fingerprint density at radius 2 is 2.00 bits per heavy atom. The summed E-state index contributed by atoms with van der Waals surface area (Å²) in [6.07, 6.45) is -4.70. The van der Waals surface area contributed by atoms with E-state index in [9.17, 15) is 17.6 Å². The zero-order chi connectivity index (χ0) is 13.2. The lowest BCUT2D eigenvalue weighted by Gasteiger charge is -2.13. The molecule has 0 heterocycles. The van der Waals surface area contributed by atoms with Crippen molar-refractivity contribution in [2.24, 2.45) is 10.7 Å². The maximum atomic E-state index is 13.1. The van der Waals surface area contributed by atoms with E-state index < -0.39 is 28.8 Å². The van der Waals surface area contributed by atoms with Gasteiger partial charge in [0.05, 0.1) is 17.1 Å². The van der Waals surface area contributed by atoms with Crippen molar-refractivity contribution in [2.45, 2.75) is 13.1 Å². The molecule has 0 radical (unpaired) electrons. The minimum Gasteiger partial charge on any atom is -0.386 e. The van der Waals surface area contributed by atoms with Crippen LogP contribution in [-0.4, -0.2) is 11.7 Å². The van der Waals surface area contributed by atoms with Crippen molar-refractivity contribution in [2.75, 3.05) is 5.88 Å². The summed E-state index contributed by atoms with van der Waals surface area (Å²) >= 11 is 5.33. The van der Waals surface area contributed by atoms with Crippen LogP contribution in [-0.2, 0) is 6.18 Å². The summed E-state index contributed by atoms with van der Waals surface area (Å²) in [5.41, 5.74) is 3.18. The van der Waals surface area contributed by atoms with Crippen molar-refractivity contribution >= 4 is 23.1 Å². The largest absolute Gasteiger partial charge is 0.418 e. The van der Waals surface area contributed by atoms with Crippen LogP contribution in [0.5, 0.6) is 0 Å². The molecule has 94 valence electrons. The van der Waals surface area contributed by atoms with Gasteiger partial charge in [0.25, 0.3) is 0 Å². The summed E-state index contributed by atoms with van der Waals surface area (Å²) in [5, 5.41) is 0. The van der Waals surface area contributed by atoms with Crippen molar-refractivity contribution in [3.05, 3.63) is 29.1 Å². The number of rotatable bonds is 2. The van der Waals surface area contributed by atoms with Gasteiger partial charge in [-0.25, -0.2) is 9.38 Å². The zero-order valence-corrected chi connectivity index (χ0v) is 9.53. The number of alkyl halides is 4. The van der Waals surface area contributed by atoms with E-state index in [1.165, 1.54) is 0 Å². The molecular formula is C10H9ClF4N2. The van der Waals surface area contributed by atoms with Crippen LogP contribution in [0.1, 0.15) is 11.1 Å². The lowest BCUT2D eigenvalue weighted by Crippen LogP contribution is -2.14. The van der Waals surface area contributed by atoms with Gasteiger partial charge < -0.3 is 5.73 Å². The third-order valence-electron chi connectivity index (χ3n) is 2.06. The van der Waals surface area contributed by atoms with Crippen LogP contribution in [0.25, 0.3) is 0 Å². The van der Waals surface area contributed by atoms with Crippen LogP contribution < -0.4 is 5.73 Å². The molecule has 0 aliphatic carbocycles. The zero-order valence-electron chi connectivity index (χ0n) is 8.78. The SMILES string of the molecule is Cc1c(F)ccc(N=C(N)CCl)c1C(F)(F)F. The summed E-state index contributed by atoms with van der Waals surface area (Å²) < 4.78 is 51.3. The van der Waals surface area contributed by atoms with E-state index in [4.69, 9.17) is 17.3 Å². The first-order valence-corrected chi connectivity index (χ1v) is 5.06. The predicted octanol–water partition coefficient (Wildman–Crippen LogP) is 3.38. The van der Waals surface area contributed by atoms with Gasteiger partial charge in [-0.2, -0.15) is 13.2 Å². The van der Waals surface area contributed by atoms with Crippen molar-refractivity contribution < 1.29 is 17.6 Å². The first kappa shape index (κ1) is 13.8. The smallest absolute Gasteiger partial charge is 0.386 e. The van der Waals surface area contributed by atoms with Crippen LogP contribution in [0.4, 0.5) is 23.2 Å². The number of nitrogens with two attached hydrogens (primary N) is 1. The molecule has 0 spiro atoms. The highest BCUT2D eigenvalue weighted by Crippen LogP contribution is 2.39. The van der Waals surface area contributed by atoms with Gasteiger partial charge in [0, 0.05) is 0 Å². The number of hydrogen-bond acceptors (Lipinski definition) is 1. The normalized spacial score (nSPS) is 12.9. The van der Waals surface area contributed by atoms with E-state index in [1.54, 1.807) is 0 Å².